The van der Waals surface area contributed by atoms with Gasteiger partial charge in [-0.1, -0.05) is 53.3 Å². The summed E-state index contributed by atoms with van der Waals surface area (Å²) < 4.78 is 0. The van der Waals surface area contributed by atoms with Gasteiger partial charge in [0.05, 0.1) is 0 Å². The quantitative estimate of drug-likeness (QED) is 0.408. The Morgan fingerprint density at radius 1 is 0.963 bits per heavy atom. The zero-order chi connectivity index (χ0) is 20.4. The Hall–Kier alpha value is -1.98. The van der Waals surface area contributed by atoms with Crippen LogP contribution in [0, 0.1) is 10.7 Å². The number of benzene rings is 1. The molecule has 0 saturated heterocycles. The highest BCUT2D eigenvalue weighted by Crippen LogP contribution is 2.41. The molecule has 0 aliphatic rings. The third-order valence-electron chi connectivity index (χ3n) is 3.90. The van der Waals surface area contributed by atoms with Gasteiger partial charge in [-0.15, -0.1) is 0 Å². The fraction of sp³-hybridized carbons (Fsp3) is 0.474. The van der Waals surface area contributed by atoms with E-state index in [4.69, 9.17) is 5.26 Å². The van der Waals surface area contributed by atoms with E-state index < -0.39 is 0 Å². The zero-order valence-electron chi connectivity index (χ0n) is 16.7. The molecular weight excluding hydrogens is 378 g/mol. The number of anilines is 2. The van der Waals surface area contributed by atoms with Crippen molar-refractivity contribution in [2.24, 2.45) is 0 Å². The van der Waals surface area contributed by atoms with E-state index >= 15 is 0 Å². The SMILES string of the molecule is CSc1nc(Nc2cc(C(C)(C)C)c(O)c(C(C)(C)C)c2)nc(SC#N)n1. The second-order valence-electron chi connectivity index (χ2n) is 8.17. The van der Waals surface area contributed by atoms with Crippen LogP contribution in [0.2, 0.25) is 0 Å². The van der Waals surface area contributed by atoms with Gasteiger partial charge in [0.2, 0.25) is 11.1 Å². The maximum Gasteiger partial charge on any atom is 0.232 e. The molecule has 1 aromatic carbocycles. The van der Waals surface area contributed by atoms with E-state index in [1.807, 2.05) is 23.8 Å². The van der Waals surface area contributed by atoms with Crippen LogP contribution in [0.5, 0.6) is 5.75 Å². The standard InChI is InChI=1S/C19H25N5OS2/c1-18(2,3)12-8-11(9-13(14(12)25)19(4,5)6)21-15-22-16(26-7)24-17(23-15)27-10-20/h8-9,25H,1-7H3,(H,21,22,23,24). The van der Waals surface area contributed by atoms with Gasteiger partial charge in [-0.2, -0.15) is 20.2 Å². The number of phenols is 1. The number of aromatic nitrogens is 3. The maximum atomic E-state index is 10.8. The average molecular weight is 404 g/mol. The topological polar surface area (TPSA) is 94.7 Å². The van der Waals surface area contributed by atoms with Gasteiger partial charge in [-0.3, -0.25) is 0 Å². The summed E-state index contributed by atoms with van der Waals surface area (Å²) in [6.45, 7) is 12.4. The summed E-state index contributed by atoms with van der Waals surface area (Å²) in [5, 5.41) is 25.8. The van der Waals surface area contributed by atoms with Crippen LogP contribution in [0.1, 0.15) is 52.7 Å². The molecule has 8 heteroatoms. The molecule has 0 bridgehead atoms. The highest BCUT2D eigenvalue weighted by atomic mass is 32.2. The van der Waals surface area contributed by atoms with E-state index in [0.717, 1.165) is 28.6 Å². The Morgan fingerprint density at radius 2 is 1.48 bits per heavy atom. The van der Waals surface area contributed by atoms with Crippen molar-refractivity contribution in [3.05, 3.63) is 23.3 Å². The minimum absolute atomic E-state index is 0.229. The Balaban J connectivity index is 2.57. The molecule has 0 atom stereocenters. The summed E-state index contributed by atoms with van der Waals surface area (Å²) in [6.07, 6.45) is 1.87. The van der Waals surface area contributed by atoms with Gasteiger partial charge >= 0.3 is 0 Å². The van der Waals surface area contributed by atoms with Crippen LogP contribution in [0.3, 0.4) is 0 Å². The van der Waals surface area contributed by atoms with Crippen molar-refractivity contribution in [3.63, 3.8) is 0 Å². The van der Waals surface area contributed by atoms with E-state index in [-0.39, 0.29) is 10.8 Å². The van der Waals surface area contributed by atoms with Crippen molar-refractivity contribution in [2.45, 2.75) is 62.7 Å². The molecule has 1 aromatic heterocycles. The van der Waals surface area contributed by atoms with Crippen LogP contribution < -0.4 is 5.32 Å². The molecule has 1 heterocycles. The highest BCUT2D eigenvalue weighted by Gasteiger charge is 2.26. The van der Waals surface area contributed by atoms with Crippen LogP contribution in [0.25, 0.3) is 0 Å². The van der Waals surface area contributed by atoms with Crippen molar-refractivity contribution in [1.82, 2.24) is 15.0 Å². The van der Waals surface area contributed by atoms with E-state index in [9.17, 15) is 5.11 Å². The first-order valence-corrected chi connectivity index (χ1v) is 10.5. The molecule has 2 aromatic rings. The lowest BCUT2D eigenvalue weighted by atomic mass is 9.79. The third kappa shape index (κ3) is 5.27. The molecule has 6 nitrogen and oxygen atoms in total. The largest absolute Gasteiger partial charge is 0.507 e. The predicted molar refractivity (Wildman–Crippen MR) is 112 cm³/mol. The number of nitrogens with one attached hydrogen (secondary N) is 1. The van der Waals surface area contributed by atoms with Crippen molar-refractivity contribution in [1.29, 1.82) is 5.26 Å². The minimum atomic E-state index is -0.229. The minimum Gasteiger partial charge on any atom is -0.507 e. The summed E-state index contributed by atoms with van der Waals surface area (Å²) in [5.74, 6) is 0.694. The number of rotatable bonds is 4. The summed E-state index contributed by atoms with van der Waals surface area (Å²) in [4.78, 5) is 12.9. The third-order valence-corrected chi connectivity index (χ3v) is 4.90. The number of hydrogen-bond donors (Lipinski definition) is 2. The Bertz CT molecular complexity index is 844. The van der Waals surface area contributed by atoms with Gasteiger partial charge in [0.1, 0.15) is 11.2 Å². The van der Waals surface area contributed by atoms with Crippen LogP contribution in [0.4, 0.5) is 11.6 Å². The first-order chi connectivity index (χ1) is 12.5. The van der Waals surface area contributed by atoms with Crippen LogP contribution in [0.15, 0.2) is 22.4 Å². The molecule has 0 aliphatic heterocycles. The van der Waals surface area contributed by atoms with Gasteiger partial charge in [0.25, 0.3) is 0 Å². The fourth-order valence-corrected chi connectivity index (χ4v) is 3.31. The summed E-state index contributed by atoms with van der Waals surface area (Å²) in [5.41, 5.74) is 2.03. The van der Waals surface area contributed by atoms with Crippen molar-refractivity contribution >= 4 is 35.2 Å². The van der Waals surface area contributed by atoms with Crippen LogP contribution in [-0.4, -0.2) is 26.3 Å². The Kier molecular flexibility index (Phi) is 6.28. The zero-order valence-corrected chi connectivity index (χ0v) is 18.3. The number of hydrogen-bond acceptors (Lipinski definition) is 8. The first kappa shape index (κ1) is 21.3. The predicted octanol–water partition coefficient (Wildman–Crippen LogP) is 5.21. The normalized spacial score (nSPS) is 11.9. The van der Waals surface area contributed by atoms with Gasteiger partial charge < -0.3 is 10.4 Å². The lowest BCUT2D eigenvalue weighted by molar-refractivity contribution is 0.423. The van der Waals surface area contributed by atoms with Crippen LogP contribution >= 0.6 is 23.5 Å². The second kappa shape index (κ2) is 7.95. The molecule has 2 rings (SSSR count). The highest BCUT2D eigenvalue weighted by molar-refractivity contribution is 8.03. The van der Waals surface area contributed by atoms with Gasteiger partial charge in [-0.25, -0.2) is 0 Å². The van der Waals surface area contributed by atoms with E-state index in [0.29, 0.717) is 22.0 Å². The van der Waals surface area contributed by atoms with Gasteiger partial charge in [0, 0.05) is 28.6 Å². The number of nitrogens with zero attached hydrogens (tertiary/aromatic N) is 4. The number of phenolic OH excluding ortho intramolecular Hbond substituents is 1. The average Bonchev–Trinajstić information content (AvgIpc) is 2.54. The Labute approximate surface area is 169 Å². The number of aromatic hydroxyl groups is 1. The smallest absolute Gasteiger partial charge is 0.232 e. The monoisotopic (exact) mass is 403 g/mol. The second-order valence-corrected chi connectivity index (χ2v) is 9.69. The first-order valence-electron chi connectivity index (χ1n) is 8.46. The molecule has 0 spiro atoms. The molecule has 144 valence electrons. The van der Waals surface area contributed by atoms with Crippen LogP contribution in [-0.2, 0) is 10.8 Å². The van der Waals surface area contributed by atoms with E-state index in [2.05, 4.69) is 61.8 Å². The molecule has 0 unspecified atom stereocenters. The number of thioether (sulfide) groups is 2. The molecule has 0 fully saturated rings. The van der Waals surface area contributed by atoms with Crippen molar-refractivity contribution < 1.29 is 5.11 Å². The van der Waals surface area contributed by atoms with Gasteiger partial charge in [-0.05, 0) is 29.2 Å². The molecule has 27 heavy (non-hydrogen) atoms. The fourth-order valence-electron chi connectivity index (χ4n) is 2.55. The molecular formula is C19H25N5OS2. The molecule has 0 saturated carbocycles. The van der Waals surface area contributed by atoms with E-state index in [1.165, 1.54) is 11.8 Å². The molecule has 0 amide bonds. The lowest BCUT2D eigenvalue weighted by Crippen LogP contribution is -2.17. The maximum absolute atomic E-state index is 10.8. The molecule has 2 N–H and O–H groups in total. The van der Waals surface area contributed by atoms with Crippen molar-refractivity contribution in [3.8, 4) is 11.2 Å². The van der Waals surface area contributed by atoms with Crippen molar-refractivity contribution in [2.75, 3.05) is 11.6 Å². The molecule has 0 radical (unpaired) electrons. The number of nitriles is 1. The molecule has 0 aliphatic carbocycles. The number of thiocyanates is 1. The lowest BCUT2D eigenvalue weighted by Gasteiger charge is -2.28. The Morgan fingerprint density at radius 3 is 1.93 bits per heavy atom. The van der Waals surface area contributed by atoms with Gasteiger partial charge in [0.15, 0.2) is 5.16 Å². The summed E-state index contributed by atoms with van der Waals surface area (Å²) in [7, 11) is 0. The summed E-state index contributed by atoms with van der Waals surface area (Å²) >= 11 is 2.28. The van der Waals surface area contributed by atoms with E-state index in [1.54, 1.807) is 0 Å². The summed E-state index contributed by atoms with van der Waals surface area (Å²) in [6, 6.07) is 3.84.